The third-order valence-electron chi connectivity index (χ3n) is 3.19. The summed E-state index contributed by atoms with van der Waals surface area (Å²) in [5.41, 5.74) is 7.01. The molecule has 0 radical (unpaired) electrons. The van der Waals surface area contributed by atoms with E-state index in [-0.39, 0.29) is 5.54 Å². The highest BCUT2D eigenvalue weighted by molar-refractivity contribution is 5.47. The van der Waals surface area contributed by atoms with E-state index in [1.165, 1.54) is 12.7 Å². The van der Waals surface area contributed by atoms with Gasteiger partial charge in [0.2, 0.25) is 5.88 Å². The van der Waals surface area contributed by atoms with Gasteiger partial charge in [0.1, 0.15) is 12.1 Å². The maximum atomic E-state index is 6.13. The first-order chi connectivity index (χ1) is 7.64. The van der Waals surface area contributed by atoms with Crippen molar-refractivity contribution in [3.8, 4) is 5.88 Å². The van der Waals surface area contributed by atoms with Crippen molar-refractivity contribution in [3.63, 3.8) is 0 Å². The Bertz CT molecular complexity index is 376. The van der Waals surface area contributed by atoms with Crippen LogP contribution < -0.4 is 15.8 Å². The molecular weight excluding hydrogens is 204 g/mol. The van der Waals surface area contributed by atoms with Gasteiger partial charge in [0.15, 0.2) is 0 Å². The molecule has 1 saturated carbocycles. The Hall–Kier alpha value is -1.36. The van der Waals surface area contributed by atoms with Crippen LogP contribution in [0.25, 0.3) is 0 Å². The van der Waals surface area contributed by atoms with Gasteiger partial charge in [-0.15, -0.1) is 0 Å². The van der Waals surface area contributed by atoms with Crippen molar-refractivity contribution >= 4 is 5.82 Å². The standard InChI is InChI=1S/C11H18N4O/c1-8-9(14-7-15-10(8)16-2)13-6-11(12)4-3-5-11/h7H,3-6,12H2,1-2H3,(H,13,14,15). The molecule has 5 nitrogen and oxygen atoms in total. The minimum Gasteiger partial charge on any atom is -0.481 e. The van der Waals surface area contributed by atoms with Crippen molar-refractivity contribution in [2.45, 2.75) is 31.7 Å². The van der Waals surface area contributed by atoms with Crippen molar-refractivity contribution in [1.82, 2.24) is 9.97 Å². The van der Waals surface area contributed by atoms with Gasteiger partial charge in [0.05, 0.1) is 12.7 Å². The zero-order valence-corrected chi connectivity index (χ0v) is 9.79. The number of nitrogens with zero attached hydrogens (tertiary/aromatic N) is 2. The van der Waals surface area contributed by atoms with Crippen LogP contribution in [0, 0.1) is 6.92 Å². The van der Waals surface area contributed by atoms with Crippen LogP contribution >= 0.6 is 0 Å². The van der Waals surface area contributed by atoms with Gasteiger partial charge in [0.25, 0.3) is 0 Å². The number of hydrogen-bond donors (Lipinski definition) is 2. The first kappa shape index (κ1) is 11.1. The third kappa shape index (κ3) is 2.09. The molecule has 1 aliphatic rings. The fourth-order valence-electron chi connectivity index (χ4n) is 1.89. The minimum absolute atomic E-state index is 0.0510. The van der Waals surface area contributed by atoms with Crippen LogP contribution in [0.1, 0.15) is 24.8 Å². The number of nitrogens with two attached hydrogens (primary N) is 1. The molecule has 0 bridgehead atoms. The minimum atomic E-state index is -0.0510. The number of rotatable bonds is 4. The first-order valence-corrected chi connectivity index (χ1v) is 5.53. The number of anilines is 1. The molecule has 3 N–H and O–H groups in total. The fraction of sp³-hybridized carbons (Fsp3) is 0.636. The lowest BCUT2D eigenvalue weighted by Gasteiger charge is -2.38. The van der Waals surface area contributed by atoms with Gasteiger partial charge in [-0.1, -0.05) is 0 Å². The smallest absolute Gasteiger partial charge is 0.221 e. The fourth-order valence-corrected chi connectivity index (χ4v) is 1.89. The van der Waals surface area contributed by atoms with Crippen LogP contribution in [0.5, 0.6) is 5.88 Å². The highest BCUT2D eigenvalue weighted by atomic mass is 16.5. The second-order valence-corrected chi connectivity index (χ2v) is 4.43. The summed E-state index contributed by atoms with van der Waals surface area (Å²) in [6.45, 7) is 2.69. The van der Waals surface area contributed by atoms with E-state index in [4.69, 9.17) is 10.5 Å². The average Bonchev–Trinajstić information content (AvgIpc) is 2.25. The number of nitrogens with one attached hydrogen (secondary N) is 1. The molecule has 0 saturated heterocycles. The summed E-state index contributed by atoms with van der Waals surface area (Å²) in [6.07, 6.45) is 4.89. The predicted molar refractivity (Wildman–Crippen MR) is 62.6 cm³/mol. The SMILES string of the molecule is COc1ncnc(NCC2(N)CCC2)c1C. The summed E-state index contributed by atoms with van der Waals surface area (Å²) in [6, 6.07) is 0. The van der Waals surface area contributed by atoms with Gasteiger partial charge in [-0.3, -0.25) is 0 Å². The van der Waals surface area contributed by atoms with Gasteiger partial charge >= 0.3 is 0 Å². The molecular formula is C11H18N4O. The van der Waals surface area contributed by atoms with Crippen LogP contribution in [0.3, 0.4) is 0 Å². The molecule has 0 spiro atoms. The second-order valence-electron chi connectivity index (χ2n) is 4.43. The summed E-state index contributed by atoms with van der Waals surface area (Å²) in [5, 5.41) is 3.27. The number of hydrogen-bond acceptors (Lipinski definition) is 5. The van der Waals surface area contributed by atoms with Crippen LogP contribution in [-0.2, 0) is 0 Å². The molecule has 1 aromatic rings. The Labute approximate surface area is 95.4 Å². The molecule has 88 valence electrons. The molecule has 16 heavy (non-hydrogen) atoms. The Balaban J connectivity index is 2.03. The molecule has 0 amide bonds. The Kier molecular flexibility index (Phi) is 2.96. The summed E-state index contributed by atoms with van der Waals surface area (Å²) in [7, 11) is 1.61. The monoisotopic (exact) mass is 222 g/mol. The molecule has 1 aromatic heterocycles. The molecule has 1 fully saturated rings. The molecule has 1 heterocycles. The van der Waals surface area contributed by atoms with Crippen molar-refractivity contribution in [2.24, 2.45) is 5.73 Å². The highest BCUT2D eigenvalue weighted by Crippen LogP contribution is 2.29. The number of methoxy groups -OCH3 is 1. The Morgan fingerprint density at radius 1 is 1.50 bits per heavy atom. The van der Waals surface area contributed by atoms with E-state index in [1.54, 1.807) is 7.11 Å². The van der Waals surface area contributed by atoms with Gasteiger partial charge < -0.3 is 15.8 Å². The van der Waals surface area contributed by atoms with E-state index in [9.17, 15) is 0 Å². The lowest BCUT2D eigenvalue weighted by molar-refractivity contribution is 0.265. The zero-order valence-electron chi connectivity index (χ0n) is 9.79. The number of aromatic nitrogens is 2. The third-order valence-corrected chi connectivity index (χ3v) is 3.19. The molecule has 2 rings (SSSR count). The summed E-state index contributed by atoms with van der Waals surface area (Å²) < 4.78 is 5.14. The average molecular weight is 222 g/mol. The van der Waals surface area contributed by atoms with E-state index >= 15 is 0 Å². The predicted octanol–water partition coefficient (Wildman–Crippen LogP) is 1.09. The van der Waals surface area contributed by atoms with Crippen molar-refractivity contribution in [2.75, 3.05) is 19.0 Å². The lowest BCUT2D eigenvalue weighted by atomic mass is 9.78. The van der Waals surface area contributed by atoms with Gasteiger partial charge in [0, 0.05) is 12.1 Å². The largest absolute Gasteiger partial charge is 0.481 e. The maximum absolute atomic E-state index is 6.13. The van der Waals surface area contributed by atoms with Crippen molar-refractivity contribution in [1.29, 1.82) is 0 Å². The second kappa shape index (κ2) is 4.25. The molecule has 0 aliphatic heterocycles. The lowest BCUT2D eigenvalue weighted by Crippen LogP contribution is -2.52. The van der Waals surface area contributed by atoms with Gasteiger partial charge in [-0.25, -0.2) is 9.97 Å². The molecule has 0 unspecified atom stereocenters. The molecule has 5 heteroatoms. The Morgan fingerprint density at radius 3 is 2.81 bits per heavy atom. The quantitative estimate of drug-likeness (QED) is 0.797. The summed E-state index contributed by atoms with van der Waals surface area (Å²) in [4.78, 5) is 8.22. The van der Waals surface area contributed by atoms with Gasteiger partial charge in [-0.05, 0) is 26.2 Å². The van der Waals surface area contributed by atoms with E-state index in [0.29, 0.717) is 5.88 Å². The molecule has 0 aromatic carbocycles. The van der Waals surface area contributed by atoms with E-state index < -0.39 is 0 Å². The van der Waals surface area contributed by atoms with Crippen LogP contribution in [0.4, 0.5) is 5.82 Å². The van der Waals surface area contributed by atoms with E-state index in [2.05, 4.69) is 15.3 Å². The van der Waals surface area contributed by atoms with Crippen molar-refractivity contribution < 1.29 is 4.74 Å². The van der Waals surface area contributed by atoms with Crippen LogP contribution in [0.2, 0.25) is 0 Å². The summed E-state index contributed by atoms with van der Waals surface area (Å²) in [5.74, 6) is 1.42. The molecule has 0 atom stereocenters. The van der Waals surface area contributed by atoms with E-state index in [0.717, 1.165) is 30.8 Å². The first-order valence-electron chi connectivity index (χ1n) is 5.53. The Morgan fingerprint density at radius 2 is 2.25 bits per heavy atom. The van der Waals surface area contributed by atoms with Crippen molar-refractivity contribution in [3.05, 3.63) is 11.9 Å². The molecule has 1 aliphatic carbocycles. The van der Waals surface area contributed by atoms with Crippen LogP contribution in [-0.4, -0.2) is 29.2 Å². The zero-order chi connectivity index (χ0) is 11.6. The number of ether oxygens (including phenoxy) is 1. The topological polar surface area (TPSA) is 73.1 Å². The summed E-state index contributed by atoms with van der Waals surface area (Å²) >= 11 is 0. The van der Waals surface area contributed by atoms with Crippen LogP contribution in [0.15, 0.2) is 6.33 Å². The normalized spacial score (nSPS) is 17.7. The highest BCUT2D eigenvalue weighted by Gasteiger charge is 2.32. The van der Waals surface area contributed by atoms with Gasteiger partial charge in [-0.2, -0.15) is 0 Å². The van der Waals surface area contributed by atoms with E-state index in [1.807, 2.05) is 6.92 Å². The maximum Gasteiger partial charge on any atom is 0.221 e.